The number of piperazine rings is 1. The summed E-state index contributed by atoms with van der Waals surface area (Å²) < 4.78 is 5.29. The van der Waals surface area contributed by atoms with Crippen LogP contribution in [0.4, 0.5) is 11.4 Å². The number of non-ortho nitro benzene ring substituents is 1. The van der Waals surface area contributed by atoms with Crippen molar-refractivity contribution >= 4 is 28.9 Å². The lowest BCUT2D eigenvalue weighted by molar-refractivity contribution is -0.384. The van der Waals surface area contributed by atoms with E-state index in [2.05, 4.69) is 15.0 Å². The number of aromatic nitrogens is 2. The van der Waals surface area contributed by atoms with E-state index in [4.69, 9.17) is 16.1 Å². The summed E-state index contributed by atoms with van der Waals surface area (Å²) in [4.78, 5) is 31.4. The molecule has 9 nitrogen and oxygen atoms in total. The van der Waals surface area contributed by atoms with Crippen LogP contribution in [0.15, 0.2) is 53.1 Å². The smallest absolute Gasteiger partial charge is 0.271 e. The molecule has 2 heterocycles. The van der Waals surface area contributed by atoms with Gasteiger partial charge in [0.1, 0.15) is 0 Å². The lowest BCUT2D eigenvalue weighted by Gasteiger charge is -2.36. The Hall–Kier alpha value is -3.46. The molecule has 0 atom stereocenters. The molecule has 1 aromatic heterocycles. The van der Waals surface area contributed by atoms with Gasteiger partial charge >= 0.3 is 0 Å². The van der Waals surface area contributed by atoms with Gasteiger partial charge in [0.25, 0.3) is 5.69 Å². The lowest BCUT2D eigenvalue weighted by atomic mass is 10.2. The fraction of sp³-hybridized carbons (Fsp3) is 0.318. The van der Waals surface area contributed by atoms with Crippen LogP contribution in [0.1, 0.15) is 18.7 Å². The molecule has 0 saturated carbocycles. The number of nitro benzene ring substituents is 1. The van der Waals surface area contributed by atoms with Gasteiger partial charge < -0.3 is 14.3 Å². The van der Waals surface area contributed by atoms with Crippen molar-refractivity contribution in [2.24, 2.45) is 0 Å². The fourth-order valence-electron chi connectivity index (χ4n) is 3.64. The third-order valence-corrected chi connectivity index (χ3v) is 5.64. The highest BCUT2D eigenvalue weighted by molar-refractivity contribution is 6.30. The number of hydrogen-bond donors (Lipinski definition) is 0. The minimum atomic E-state index is -0.398. The Kier molecular flexibility index (Phi) is 6.65. The maximum Gasteiger partial charge on any atom is 0.271 e. The Labute approximate surface area is 189 Å². The summed E-state index contributed by atoms with van der Waals surface area (Å²) in [6.07, 6.45) is 1.54. The molecule has 1 saturated heterocycles. The number of nitro groups is 1. The zero-order chi connectivity index (χ0) is 22.5. The molecule has 10 heteroatoms. The summed E-state index contributed by atoms with van der Waals surface area (Å²) >= 11 is 5.90. The monoisotopic (exact) mass is 455 g/mol. The van der Waals surface area contributed by atoms with Crippen molar-refractivity contribution < 1.29 is 14.2 Å². The molecule has 1 amide bonds. The summed E-state index contributed by atoms with van der Waals surface area (Å²) in [6.45, 7) is 2.45. The number of carbonyl (C=O) groups excluding carboxylic acids is 1. The molecular formula is C22H22ClN5O4. The summed E-state index contributed by atoms with van der Waals surface area (Å²) in [5.74, 6) is 1.08. The second kappa shape index (κ2) is 9.78. The molecule has 0 aliphatic carbocycles. The highest BCUT2D eigenvalue weighted by Gasteiger charge is 2.22. The van der Waals surface area contributed by atoms with Crippen molar-refractivity contribution in [1.82, 2.24) is 15.0 Å². The third kappa shape index (κ3) is 5.23. The zero-order valence-electron chi connectivity index (χ0n) is 17.3. The molecule has 1 fully saturated rings. The first-order valence-electron chi connectivity index (χ1n) is 10.4. The number of aryl methyl sites for hydroxylation is 1. The van der Waals surface area contributed by atoms with Gasteiger partial charge in [-0.2, -0.15) is 4.98 Å². The second-order valence-electron chi connectivity index (χ2n) is 7.52. The molecule has 3 aromatic rings. The topological polar surface area (TPSA) is 106 Å². The number of benzene rings is 2. The van der Waals surface area contributed by atoms with Gasteiger partial charge in [-0.15, -0.1) is 0 Å². The molecule has 0 radical (unpaired) electrons. The van der Waals surface area contributed by atoms with Gasteiger partial charge in [0.2, 0.25) is 17.6 Å². The van der Waals surface area contributed by atoms with E-state index in [1.807, 2.05) is 23.1 Å². The number of halogens is 1. The molecule has 1 aliphatic heterocycles. The first kappa shape index (κ1) is 21.8. The van der Waals surface area contributed by atoms with Crippen LogP contribution in [0.25, 0.3) is 11.4 Å². The number of anilines is 1. The molecule has 0 unspecified atom stereocenters. The average molecular weight is 456 g/mol. The zero-order valence-corrected chi connectivity index (χ0v) is 18.1. The van der Waals surface area contributed by atoms with Gasteiger partial charge in [-0.05, 0) is 36.8 Å². The van der Waals surface area contributed by atoms with E-state index in [1.54, 1.807) is 24.3 Å². The van der Waals surface area contributed by atoms with E-state index >= 15 is 0 Å². The lowest BCUT2D eigenvalue weighted by Crippen LogP contribution is -2.48. The Morgan fingerprint density at radius 3 is 2.59 bits per heavy atom. The van der Waals surface area contributed by atoms with E-state index in [0.717, 1.165) is 11.3 Å². The summed E-state index contributed by atoms with van der Waals surface area (Å²) in [5.41, 5.74) is 1.70. The minimum Gasteiger partial charge on any atom is -0.368 e. The normalized spacial score (nSPS) is 13.9. The second-order valence-corrected chi connectivity index (χ2v) is 7.95. The predicted molar refractivity (Wildman–Crippen MR) is 120 cm³/mol. The van der Waals surface area contributed by atoms with Gasteiger partial charge in [0.15, 0.2) is 0 Å². The van der Waals surface area contributed by atoms with E-state index in [1.165, 1.54) is 6.07 Å². The number of amides is 1. The number of rotatable bonds is 7. The van der Waals surface area contributed by atoms with Crippen LogP contribution in [0.2, 0.25) is 5.02 Å². The Bertz CT molecular complexity index is 1090. The van der Waals surface area contributed by atoms with E-state index < -0.39 is 4.92 Å². The molecule has 0 N–H and O–H groups in total. The van der Waals surface area contributed by atoms with Crippen LogP contribution >= 0.6 is 11.6 Å². The van der Waals surface area contributed by atoms with Crippen molar-refractivity contribution in [2.45, 2.75) is 19.3 Å². The first-order valence-corrected chi connectivity index (χ1v) is 10.7. The molecule has 1 aliphatic rings. The van der Waals surface area contributed by atoms with Crippen molar-refractivity contribution in [2.75, 3.05) is 31.1 Å². The fourth-order valence-corrected chi connectivity index (χ4v) is 3.76. The first-order chi connectivity index (χ1) is 15.5. The van der Waals surface area contributed by atoms with Gasteiger partial charge in [0.05, 0.1) is 4.92 Å². The van der Waals surface area contributed by atoms with Gasteiger partial charge in [-0.25, -0.2) is 0 Å². The van der Waals surface area contributed by atoms with Crippen LogP contribution < -0.4 is 4.90 Å². The summed E-state index contributed by atoms with van der Waals surface area (Å²) in [5, 5.41) is 15.6. The van der Waals surface area contributed by atoms with Crippen LogP contribution in [-0.2, 0) is 11.2 Å². The average Bonchev–Trinajstić information content (AvgIpc) is 3.28. The van der Waals surface area contributed by atoms with E-state index in [-0.39, 0.29) is 11.6 Å². The largest absolute Gasteiger partial charge is 0.368 e. The minimum absolute atomic E-state index is 0.0706. The van der Waals surface area contributed by atoms with Crippen LogP contribution in [0.3, 0.4) is 0 Å². The van der Waals surface area contributed by atoms with Crippen LogP contribution in [0, 0.1) is 10.1 Å². The SMILES string of the molecule is O=C(CCCc1nc(-c2ccc(Cl)cc2)no1)N1CCN(c2cccc([N+](=O)[O-])c2)CC1. The molecule has 166 valence electrons. The highest BCUT2D eigenvalue weighted by atomic mass is 35.5. The highest BCUT2D eigenvalue weighted by Crippen LogP contribution is 2.23. The summed E-state index contributed by atoms with van der Waals surface area (Å²) in [7, 11) is 0. The molecule has 4 rings (SSSR count). The van der Waals surface area contributed by atoms with Crippen molar-refractivity contribution in [3.05, 3.63) is 69.6 Å². The molecular weight excluding hydrogens is 434 g/mol. The third-order valence-electron chi connectivity index (χ3n) is 5.39. The number of nitrogens with zero attached hydrogens (tertiary/aromatic N) is 5. The van der Waals surface area contributed by atoms with Crippen molar-refractivity contribution in [3.8, 4) is 11.4 Å². The van der Waals surface area contributed by atoms with Crippen molar-refractivity contribution in [1.29, 1.82) is 0 Å². The van der Waals surface area contributed by atoms with Gasteiger partial charge in [0, 0.05) is 67.4 Å². The molecule has 0 bridgehead atoms. The standard InChI is InChI=1S/C22H22ClN5O4/c23-17-9-7-16(8-10-17)22-24-20(32-25-22)5-2-6-21(29)27-13-11-26(12-14-27)18-3-1-4-19(15-18)28(30)31/h1,3-4,7-10,15H,2,5-6,11-14H2. The van der Waals surface area contributed by atoms with Crippen LogP contribution in [-0.4, -0.2) is 52.1 Å². The molecule has 0 spiro atoms. The van der Waals surface area contributed by atoms with Crippen LogP contribution in [0.5, 0.6) is 0 Å². The van der Waals surface area contributed by atoms with E-state index in [9.17, 15) is 14.9 Å². The Morgan fingerprint density at radius 2 is 1.88 bits per heavy atom. The predicted octanol–water partition coefficient (Wildman–Crippen LogP) is 3.97. The molecule has 32 heavy (non-hydrogen) atoms. The number of hydrogen-bond acceptors (Lipinski definition) is 7. The van der Waals surface area contributed by atoms with Gasteiger partial charge in [-0.1, -0.05) is 22.8 Å². The van der Waals surface area contributed by atoms with Crippen molar-refractivity contribution in [3.63, 3.8) is 0 Å². The number of carbonyl (C=O) groups is 1. The Balaban J connectivity index is 1.23. The maximum atomic E-state index is 12.6. The van der Waals surface area contributed by atoms with E-state index in [0.29, 0.717) is 62.2 Å². The summed E-state index contributed by atoms with van der Waals surface area (Å²) in [6, 6.07) is 13.8. The molecule has 2 aromatic carbocycles. The maximum absolute atomic E-state index is 12.6. The Morgan fingerprint density at radius 1 is 1.12 bits per heavy atom. The van der Waals surface area contributed by atoms with Gasteiger partial charge in [-0.3, -0.25) is 14.9 Å². The quantitative estimate of drug-likeness (QED) is 0.392.